The van der Waals surface area contributed by atoms with E-state index in [0.717, 1.165) is 6.42 Å². The standard InChI is InChI=1S/C6H5NO2.C6H13NO2/c8-6(9)5-2-1-3-7-4-5;1-3-4(2)5(7)6(8)9/h1-4H,(H,8,9);4-5H,3,7H2,1-2H3,(H,8,9). The zero-order valence-corrected chi connectivity index (χ0v) is 10.4. The predicted molar refractivity (Wildman–Crippen MR) is 66.3 cm³/mol. The van der Waals surface area contributed by atoms with E-state index in [4.69, 9.17) is 15.9 Å². The van der Waals surface area contributed by atoms with Crippen LogP contribution in [0.15, 0.2) is 24.5 Å². The molecular weight excluding hydrogens is 236 g/mol. The van der Waals surface area contributed by atoms with Crippen LogP contribution < -0.4 is 5.73 Å². The smallest absolute Gasteiger partial charge is 0.337 e. The molecule has 0 fully saturated rings. The molecule has 18 heavy (non-hydrogen) atoms. The van der Waals surface area contributed by atoms with Crippen LogP contribution >= 0.6 is 0 Å². The largest absolute Gasteiger partial charge is 0.480 e. The van der Waals surface area contributed by atoms with Gasteiger partial charge in [0.1, 0.15) is 6.04 Å². The first-order chi connectivity index (χ1) is 8.40. The second kappa shape index (κ2) is 8.19. The maximum atomic E-state index is 10.2. The van der Waals surface area contributed by atoms with Crippen LogP contribution in [0.3, 0.4) is 0 Å². The number of carboxylic acids is 2. The summed E-state index contributed by atoms with van der Waals surface area (Å²) in [6.45, 7) is 3.76. The zero-order chi connectivity index (χ0) is 14.1. The third kappa shape index (κ3) is 5.95. The Morgan fingerprint density at radius 2 is 2.06 bits per heavy atom. The summed E-state index contributed by atoms with van der Waals surface area (Å²) < 4.78 is 0. The van der Waals surface area contributed by atoms with E-state index < -0.39 is 18.0 Å². The Bertz CT molecular complexity index is 381. The van der Waals surface area contributed by atoms with Crippen LogP contribution in [0.1, 0.15) is 30.6 Å². The summed E-state index contributed by atoms with van der Waals surface area (Å²) >= 11 is 0. The molecule has 6 heteroatoms. The number of nitrogens with zero attached hydrogens (tertiary/aromatic N) is 1. The highest BCUT2D eigenvalue weighted by Gasteiger charge is 2.17. The lowest BCUT2D eigenvalue weighted by Gasteiger charge is -2.11. The molecular formula is C12H18N2O4. The van der Waals surface area contributed by atoms with Crippen LogP contribution in [0.25, 0.3) is 0 Å². The van der Waals surface area contributed by atoms with Gasteiger partial charge >= 0.3 is 11.9 Å². The van der Waals surface area contributed by atoms with Gasteiger partial charge in [0, 0.05) is 12.4 Å². The average molecular weight is 254 g/mol. The van der Waals surface area contributed by atoms with E-state index in [1.807, 2.05) is 13.8 Å². The van der Waals surface area contributed by atoms with Crippen LogP contribution in [0.5, 0.6) is 0 Å². The fraction of sp³-hybridized carbons (Fsp3) is 0.417. The van der Waals surface area contributed by atoms with E-state index >= 15 is 0 Å². The van der Waals surface area contributed by atoms with Gasteiger partial charge in [-0.05, 0) is 18.1 Å². The molecule has 0 saturated heterocycles. The van der Waals surface area contributed by atoms with Crippen LogP contribution in [0.4, 0.5) is 0 Å². The van der Waals surface area contributed by atoms with E-state index in [9.17, 15) is 9.59 Å². The van der Waals surface area contributed by atoms with Gasteiger partial charge in [-0.2, -0.15) is 0 Å². The lowest BCUT2D eigenvalue weighted by molar-refractivity contribution is -0.139. The number of aromatic nitrogens is 1. The summed E-state index contributed by atoms with van der Waals surface area (Å²) in [6.07, 6.45) is 3.66. The second-order valence-electron chi connectivity index (χ2n) is 3.80. The first kappa shape index (κ1) is 16.1. The molecule has 0 bridgehead atoms. The minimum absolute atomic E-state index is 0.0718. The van der Waals surface area contributed by atoms with Crippen molar-refractivity contribution in [3.05, 3.63) is 30.1 Å². The molecule has 0 amide bonds. The molecule has 0 aromatic carbocycles. The van der Waals surface area contributed by atoms with Crippen LogP contribution in [0, 0.1) is 5.92 Å². The number of carbonyl (C=O) groups is 2. The molecule has 0 aliphatic heterocycles. The Kier molecular flexibility index (Phi) is 7.30. The molecule has 0 saturated carbocycles. The summed E-state index contributed by atoms with van der Waals surface area (Å²) in [4.78, 5) is 24.0. The van der Waals surface area contributed by atoms with Crippen molar-refractivity contribution in [1.29, 1.82) is 0 Å². The van der Waals surface area contributed by atoms with Gasteiger partial charge in [0.25, 0.3) is 0 Å². The molecule has 1 aromatic heterocycles. The highest BCUT2D eigenvalue weighted by molar-refractivity contribution is 5.86. The molecule has 100 valence electrons. The number of pyridine rings is 1. The monoisotopic (exact) mass is 254 g/mol. The number of hydrogen-bond donors (Lipinski definition) is 3. The van der Waals surface area contributed by atoms with E-state index in [1.165, 1.54) is 18.5 Å². The molecule has 1 rings (SSSR count). The van der Waals surface area contributed by atoms with Gasteiger partial charge in [-0.15, -0.1) is 0 Å². The van der Waals surface area contributed by atoms with Crippen LogP contribution in [0.2, 0.25) is 0 Å². The first-order valence-corrected chi connectivity index (χ1v) is 5.51. The molecule has 0 radical (unpaired) electrons. The van der Waals surface area contributed by atoms with E-state index in [0.29, 0.717) is 0 Å². The van der Waals surface area contributed by atoms with Crippen LogP contribution in [-0.4, -0.2) is 33.2 Å². The van der Waals surface area contributed by atoms with E-state index in [-0.39, 0.29) is 11.5 Å². The van der Waals surface area contributed by atoms with Crippen LogP contribution in [-0.2, 0) is 4.79 Å². The van der Waals surface area contributed by atoms with Gasteiger partial charge in [0.05, 0.1) is 5.56 Å². The van der Waals surface area contributed by atoms with Gasteiger partial charge in [-0.25, -0.2) is 4.79 Å². The van der Waals surface area contributed by atoms with Crippen molar-refractivity contribution >= 4 is 11.9 Å². The fourth-order valence-electron chi connectivity index (χ4n) is 0.987. The van der Waals surface area contributed by atoms with Crippen molar-refractivity contribution < 1.29 is 19.8 Å². The number of aliphatic carboxylic acids is 1. The first-order valence-electron chi connectivity index (χ1n) is 5.51. The van der Waals surface area contributed by atoms with E-state index in [1.54, 1.807) is 6.07 Å². The highest BCUT2D eigenvalue weighted by atomic mass is 16.4. The third-order valence-corrected chi connectivity index (χ3v) is 2.45. The summed E-state index contributed by atoms with van der Waals surface area (Å²) in [5.74, 6) is -1.78. The molecule has 1 heterocycles. The SMILES string of the molecule is CCC(C)C(N)C(=O)O.O=C(O)c1cccnc1. The molecule has 2 atom stereocenters. The van der Waals surface area contributed by atoms with E-state index in [2.05, 4.69) is 4.98 Å². The van der Waals surface area contributed by atoms with Crippen molar-refractivity contribution in [2.45, 2.75) is 26.3 Å². The molecule has 0 aliphatic carbocycles. The quantitative estimate of drug-likeness (QED) is 0.744. The Balaban J connectivity index is 0.000000321. The van der Waals surface area contributed by atoms with Gasteiger partial charge in [0.15, 0.2) is 0 Å². The van der Waals surface area contributed by atoms with Crippen molar-refractivity contribution in [3.8, 4) is 0 Å². The normalized spacial score (nSPS) is 12.8. The minimum atomic E-state index is -0.942. The number of aromatic carboxylic acids is 1. The Hall–Kier alpha value is -1.95. The summed E-state index contributed by atoms with van der Waals surface area (Å²) in [5.41, 5.74) is 5.49. The molecule has 0 spiro atoms. The zero-order valence-electron chi connectivity index (χ0n) is 10.4. The number of rotatable bonds is 4. The van der Waals surface area contributed by atoms with Gasteiger partial charge < -0.3 is 15.9 Å². The van der Waals surface area contributed by atoms with Gasteiger partial charge in [-0.3, -0.25) is 9.78 Å². The summed E-state index contributed by atoms with van der Waals surface area (Å²) in [7, 11) is 0. The van der Waals surface area contributed by atoms with Crippen molar-refractivity contribution in [2.24, 2.45) is 11.7 Å². The summed E-state index contributed by atoms with van der Waals surface area (Å²) in [6, 6.07) is 2.38. The lowest BCUT2D eigenvalue weighted by Crippen LogP contribution is -2.36. The van der Waals surface area contributed by atoms with Crippen molar-refractivity contribution in [3.63, 3.8) is 0 Å². The van der Waals surface area contributed by atoms with Gasteiger partial charge in [0.2, 0.25) is 0 Å². The molecule has 6 nitrogen and oxygen atoms in total. The maximum Gasteiger partial charge on any atom is 0.337 e. The number of carboxylic acid groups (broad SMARTS) is 2. The molecule has 2 unspecified atom stereocenters. The Labute approximate surface area is 105 Å². The predicted octanol–water partition coefficient (Wildman–Crippen LogP) is 1.22. The molecule has 0 aliphatic rings. The van der Waals surface area contributed by atoms with Gasteiger partial charge in [-0.1, -0.05) is 20.3 Å². The second-order valence-corrected chi connectivity index (χ2v) is 3.80. The van der Waals surface area contributed by atoms with Crippen molar-refractivity contribution in [1.82, 2.24) is 4.98 Å². The van der Waals surface area contributed by atoms with Crippen molar-refractivity contribution in [2.75, 3.05) is 0 Å². The summed E-state index contributed by atoms with van der Waals surface area (Å²) in [5, 5.41) is 16.7. The fourth-order valence-corrected chi connectivity index (χ4v) is 0.987. The lowest BCUT2D eigenvalue weighted by atomic mass is 10.0. The maximum absolute atomic E-state index is 10.2. The Morgan fingerprint density at radius 3 is 2.28 bits per heavy atom. The minimum Gasteiger partial charge on any atom is -0.480 e. The average Bonchev–Trinajstić information content (AvgIpc) is 2.38. The number of hydrogen-bond acceptors (Lipinski definition) is 4. The highest BCUT2D eigenvalue weighted by Crippen LogP contribution is 2.04. The Morgan fingerprint density at radius 1 is 1.44 bits per heavy atom. The number of nitrogens with two attached hydrogens (primary N) is 1. The molecule has 1 aromatic rings. The topological polar surface area (TPSA) is 114 Å². The third-order valence-electron chi connectivity index (χ3n) is 2.45. The molecule has 4 N–H and O–H groups in total.